The molecule has 1 atom stereocenters. The summed E-state index contributed by atoms with van der Waals surface area (Å²) in [6.07, 6.45) is 1.46. The summed E-state index contributed by atoms with van der Waals surface area (Å²) in [7, 11) is 1.69. The van der Waals surface area contributed by atoms with Crippen LogP contribution in [0.15, 0.2) is 90.1 Å². The lowest BCUT2D eigenvalue weighted by molar-refractivity contribution is -0.116. The molecule has 0 saturated heterocycles. The fourth-order valence-corrected chi connectivity index (χ4v) is 4.78. The lowest BCUT2D eigenvalue weighted by Crippen LogP contribution is -2.40. The Bertz CT molecular complexity index is 1140. The molecule has 0 spiro atoms. The Labute approximate surface area is 187 Å². The molecule has 2 aliphatic heterocycles. The van der Waals surface area contributed by atoms with Crippen LogP contribution in [0, 0.1) is 0 Å². The molecule has 5 heteroatoms. The van der Waals surface area contributed by atoms with Gasteiger partial charge < -0.3 is 14.5 Å². The van der Waals surface area contributed by atoms with E-state index in [1.165, 1.54) is 0 Å². The Balaban J connectivity index is 1.61. The molecule has 3 aromatic carbocycles. The Hall–Kier alpha value is -3.24. The summed E-state index contributed by atoms with van der Waals surface area (Å²) in [5.41, 5.74) is 4.96. The molecule has 0 N–H and O–H groups in total. The summed E-state index contributed by atoms with van der Waals surface area (Å²) in [6.45, 7) is 0.771. The van der Waals surface area contributed by atoms with E-state index in [9.17, 15) is 4.79 Å². The number of hydrogen-bond donors (Lipinski definition) is 0. The zero-order chi connectivity index (χ0) is 21.4. The van der Waals surface area contributed by atoms with Crippen LogP contribution >= 0.6 is 11.6 Å². The molecule has 2 aliphatic rings. The van der Waals surface area contributed by atoms with E-state index < -0.39 is 0 Å². The van der Waals surface area contributed by atoms with Crippen molar-refractivity contribution in [3.63, 3.8) is 0 Å². The van der Waals surface area contributed by atoms with Gasteiger partial charge in [0.25, 0.3) is 5.91 Å². The van der Waals surface area contributed by atoms with Crippen LogP contribution in [-0.2, 0) is 4.79 Å². The van der Waals surface area contributed by atoms with Crippen LogP contribution in [0.2, 0.25) is 5.02 Å². The van der Waals surface area contributed by atoms with E-state index in [-0.39, 0.29) is 11.9 Å². The van der Waals surface area contributed by atoms with E-state index in [0.29, 0.717) is 5.02 Å². The number of benzene rings is 3. The number of rotatable bonds is 4. The molecular formula is C26H23ClN2O2. The van der Waals surface area contributed by atoms with Gasteiger partial charge >= 0.3 is 0 Å². The number of hydrogen-bond acceptors (Lipinski definition) is 3. The average molecular weight is 431 g/mol. The fraction of sp³-hybridized carbons (Fsp3) is 0.192. The Morgan fingerprint density at radius 2 is 1.65 bits per heavy atom. The van der Waals surface area contributed by atoms with Crippen molar-refractivity contribution in [3.05, 3.63) is 101 Å². The number of amides is 1. The summed E-state index contributed by atoms with van der Waals surface area (Å²) in [5, 5.41) is 0.660. The molecule has 0 saturated carbocycles. The average Bonchev–Trinajstić information content (AvgIpc) is 3.24. The molecule has 5 rings (SSSR count). The molecule has 0 radical (unpaired) electrons. The van der Waals surface area contributed by atoms with E-state index in [2.05, 4.69) is 23.1 Å². The molecule has 0 aliphatic carbocycles. The SMILES string of the molecule is COc1ccccc1N1CCC2=C1C[C@@H](c1ccccc1)N(c1ccc(Cl)cc1)C2=O. The van der Waals surface area contributed by atoms with Crippen LogP contribution in [0.3, 0.4) is 0 Å². The van der Waals surface area contributed by atoms with E-state index >= 15 is 0 Å². The van der Waals surface area contributed by atoms with Gasteiger partial charge in [-0.1, -0.05) is 54.1 Å². The number of carbonyl (C=O) groups is 1. The molecular weight excluding hydrogens is 408 g/mol. The highest BCUT2D eigenvalue weighted by Gasteiger charge is 2.41. The van der Waals surface area contributed by atoms with Gasteiger partial charge in [0, 0.05) is 34.9 Å². The lowest BCUT2D eigenvalue weighted by atomic mass is 9.92. The van der Waals surface area contributed by atoms with Crippen molar-refractivity contribution in [2.45, 2.75) is 18.9 Å². The van der Waals surface area contributed by atoms with Crippen molar-refractivity contribution in [1.29, 1.82) is 0 Å². The Morgan fingerprint density at radius 1 is 0.935 bits per heavy atom. The van der Waals surface area contributed by atoms with Crippen molar-refractivity contribution in [2.75, 3.05) is 23.5 Å². The third-order valence-corrected chi connectivity index (χ3v) is 6.35. The van der Waals surface area contributed by atoms with Crippen LogP contribution in [0.4, 0.5) is 11.4 Å². The maximum Gasteiger partial charge on any atom is 0.256 e. The second-order valence-corrected chi connectivity index (χ2v) is 8.22. The molecule has 156 valence electrons. The number of para-hydroxylation sites is 2. The van der Waals surface area contributed by atoms with E-state index in [0.717, 1.165) is 53.3 Å². The van der Waals surface area contributed by atoms with E-state index in [1.54, 1.807) is 7.11 Å². The molecule has 0 unspecified atom stereocenters. The van der Waals surface area contributed by atoms with Crippen molar-refractivity contribution in [1.82, 2.24) is 0 Å². The van der Waals surface area contributed by atoms with Gasteiger partial charge in [-0.15, -0.1) is 0 Å². The Kier molecular flexibility index (Phi) is 5.16. The first-order chi connectivity index (χ1) is 15.2. The summed E-state index contributed by atoms with van der Waals surface area (Å²) in [6, 6.07) is 25.7. The van der Waals surface area contributed by atoms with E-state index in [1.807, 2.05) is 65.6 Å². The molecule has 0 bridgehead atoms. The van der Waals surface area contributed by atoms with Crippen LogP contribution < -0.4 is 14.5 Å². The number of carbonyl (C=O) groups excluding carboxylic acids is 1. The minimum Gasteiger partial charge on any atom is -0.495 e. The molecule has 4 nitrogen and oxygen atoms in total. The first-order valence-electron chi connectivity index (χ1n) is 10.4. The monoisotopic (exact) mass is 430 g/mol. The largest absolute Gasteiger partial charge is 0.495 e. The third kappa shape index (κ3) is 3.47. The fourth-order valence-electron chi connectivity index (χ4n) is 4.65. The van der Waals surface area contributed by atoms with Gasteiger partial charge in [0.05, 0.1) is 18.8 Å². The first-order valence-corrected chi connectivity index (χ1v) is 10.8. The highest BCUT2D eigenvalue weighted by Crippen LogP contribution is 2.45. The molecule has 3 aromatic rings. The summed E-state index contributed by atoms with van der Waals surface area (Å²) in [4.78, 5) is 18.0. The van der Waals surface area contributed by atoms with Crippen LogP contribution in [-0.4, -0.2) is 19.6 Å². The maximum absolute atomic E-state index is 13.8. The highest BCUT2D eigenvalue weighted by atomic mass is 35.5. The maximum atomic E-state index is 13.8. The molecule has 2 heterocycles. The Morgan fingerprint density at radius 3 is 2.39 bits per heavy atom. The minimum absolute atomic E-state index is 0.0647. The van der Waals surface area contributed by atoms with Crippen molar-refractivity contribution < 1.29 is 9.53 Å². The van der Waals surface area contributed by atoms with Gasteiger partial charge in [-0.05, 0) is 48.4 Å². The second kappa shape index (κ2) is 8.12. The van der Waals surface area contributed by atoms with Crippen LogP contribution in [0.5, 0.6) is 5.75 Å². The first kappa shape index (κ1) is 19.7. The predicted octanol–water partition coefficient (Wildman–Crippen LogP) is 5.99. The zero-order valence-electron chi connectivity index (χ0n) is 17.3. The minimum atomic E-state index is -0.0936. The van der Waals surface area contributed by atoms with Gasteiger partial charge in [-0.2, -0.15) is 0 Å². The second-order valence-electron chi connectivity index (χ2n) is 7.78. The molecule has 0 aromatic heterocycles. The van der Waals surface area contributed by atoms with Crippen molar-refractivity contribution >= 4 is 28.9 Å². The zero-order valence-corrected chi connectivity index (χ0v) is 18.0. The predicted molar refractivity (Wildman–Crippen MR) is 125 cm³/mol. The summed E-state index contributed by atoms with van der Waals surface area (Å²) in [5.74, 6) is 0.884. The molecule has 0 fully saturated rings. The molecule has 1 amide bonds. The van der Waals surface area contributed by atoms with E-state index in [4.69, 9.17) is 16.3 Å². The summed E-state index contributed by atoms with van der Waals surface area (Å²) >= 11 is 6.11. The van der Waals surface area contributed by atoms with Crippen LogP contribution in [0.25, 0.3) is 0 Å². The van der Waals surface area contributed by atoms with Gasteiger partial charge in [-0.25, -0.2) is 0 Å². The standard InChI is InChI=1S/C26H23ClN2O2/c1-31-25-10-6-5-9-22(25)28-16-15-21-24(28)17-23(18-7-3-2-4-8-18)29(26(21)30)20-13-11-19(27)12-14-20/h2-14,23H,15-17H2,1H3/t23-/m0/s1. The normalized spacial score (nSPS) is 18.4. The van der Waals surface area contributed by atoms with Gasteiger partial charge in [0.15, 0.2) is 0 Å². The topological polar surface area (TPSA) is 32.8 Å². The number of halogens is 1. The summed E-state index contributed by atoms with van der Waals surface area (Å²) < 4.78 is 5.61. The number of anilines is 2. The van der Waals surface area contributed by atoms with Crippen LogP contribution in [0.1, 0.15) is 24.4 Å². The quantitative estimate of drug-likeness (QED) is 0.509. The van der Waals surface area contributed by atoms with Gasteiger partial charge in [-0.3, -0.25) is 4.79 Å². The highest BCUT2D eigenvalue weighted by molar-refractivity contribution is 6.30. The van der Waals surface area contributed by atoms with Crippen molar-refractivity contribution in [3.8, 4) is 5.75 Å². The van der Waals surface area contributed by atoms with Gasteiger partial charge in [0.1, 0.15) is 5.75 Å². The van der Waals surface area contributed by atoms with Gasteiger partial charge in [0.2, 0.25) is 0 Å². The van der Waals surface area contributed by atoms with Crippen molar-refractivity contribution in [2.24, 2.45) is 0 Å². The smallest absolute Gasteiger partial charge is 0.256 e. The third-order valence-electron chi connectivity index (χ3n) is 6.10. The number of ether oxygens (including phenoxy) is 1. The lowest BCUT2D eigenvalue weighted by Gasteiger charge is -2.38. The molecule has 31 heavy (non-hydrogen) atoms. The number of methoxy groups -OCH3 is 1. The number of nitrogens with zero attached hydrogens (tertiary/aromatic N) is 2.